The first-order valence-corrected chi connectivity index (χ1v) is 6.67. The number of hydrogen-bond acceptors (Lipinski definition) is 3. The van der Waals surface area contributed by atoms with Crippen LogP contribution in [0.3, 0.4) is 0 Å². The van der Waals surface area contributed by atoms with Crippen LogP contribution in [0.4, 0.5) is 4.39 Å². The van der Waals surface area contributed by atoms with Gasteiger partial charge in [0.05, 0.1) is 0 Å². The molecule has 0 fully saturated rings. The quantitative estimate of drug-likeness (QED) is 0.900. The molecule has 2 aromatic rings. The van der Waals surface area contributed by atoms with E-state index < -0.39 is 0 Å². The molecule has 1 aromatic heterocycles. The second-order valence-corrected chi connectivity index (χ2v) is 5.05. The zero-order chi connectivity index (χ0) is 14.5. The normalized spacial score (nSPS) is 10.8. The van der Waals surface area contributed by atoms with Gasteiger partial charge in [-0.2, -0.15) is 0 Å². The van der Waals surface area contributed by atoms with Gasteiger partial charge in [-0.3, -0.25) is 0 Å². The van der Waals surface area contributed by atoms with E-state index in [0.29, 0.717) is 23.2 Å². The average molecular weight is 274 g/mol. The van der Waals surface area contributed by atoms with Crippen LogP contribution in [0.1, 0.15) is 25.0 Å². The van der Waals surface area contributed by atoms with Crippen LogP contribution in [0, 0.1) is 12.7 Å². The molecule has 0 aliphatic heterocycles. The lowest BCUT2D eigenvalue weighted by molar-refractivity contribution is 0.456. The van der Waals surface area contributed by atoms with Crippen molar-refractivity contribution in [1.29, 1.82) is 0 Å². The Balaban J connectivity index is 2.01. The minimum Gasteiger partial charge on any atom is -0.439 e. The average Bonchev–Trinajstić information content (AvgIpc) is 2.42. The molecular weight excluding hydrogens is 255 g/mol. The van der Waals surface area contributed by atoms with Gasteiger partial charge in [-0.25, -0.2) is 9.37 Å². The smallest absolute Gasteiger partial charge is 0.219 e. The zero-order valence-corrected chi connectivity index (χ0v) is 12.0. The Bertz CT molecular complexity index is 567. The topological polar surface area (TPSA) is 34.1 Å². The molecule has 2 rings (SSSR count). The molecule has 1 heterocycles. The largest absolute Gasteiger partial charge is 0.439 e. The SMILES string of the molecule is Cc1ccc(Oc2ccc(CNC(C)C)cn2)cc1F. The molecule has 0 unspecified atom stereocenters. The number of pyridine rings is 1. The molecular formula is C16H19FN2O. The molecule has 0 bridgehead atoms. The van der Waals surface area contributed by atoms with Crippen molar-refractivity contribution in [3.63, 3.8) is 0 Å². The molecule has 1 aromatic carbocycles. The van der Waals surface area contributed by atoms with Crippen LogP contribution < -0.4 is 10.1 Å². The third-order valence-corrected chi connectivity index (χ3v) is 2.88. The summed E-state index contributed by atoms with van der Waals surface area (Å²) < 4.78 is 18.9. The van der Waals surface area contributed by atoms with Crippen molar-refractivity contribution >= 4 is 0 Å². The summed E-state index contributed by atoms with van der Waals surface area (Å²) in [5.41, 5.74) is 1.68. The van der Waals surface area contributed by atoms with Crippen molar-refractivity contribution in [3.05, 3.63) is 53.5 Å². The molecule has 0 spiro atoms. The van der Waals surface area contributed by atoms with Crippen molar-refractivity contribution in [2.24, 2.45) is 0 Å². The van der Waals surface area contributed by atoms with Gasteiger partial charge >= 0.3 is 0 Å². The summed E-state index contributed by atoms with van der Waals surface area (Å²) in [5.74, 6) is 0.635. The number of rotatable bonds is 5. The van der Waals surface area contributed by atoms with Crippen LogP contribution in [0.2, 0.25) is 0 Å². The van der Waals surface area contributed by atoms with E-state index >= 15 is 0 Å². The standard InChI is InChI=1S/C16H19FN2O/c1-11(2)18-9-13-5-7-16(19-10-13)20-14-6-4-12(3)15(17)8-14/h4-8,10-11,18H,9H2,1-3H3. The van der Waals surface area contributed by atoms with E-state index in [1.807, 2.05) is 6.07 Å². The molecule has 20 heavy (non-hydrogen) atoms. The fourth-order valence-electron chi connectivity index (χ4n) is 1.66. The predicted octanol–water partition coefficient (Wildman–Crippen LogP) is 3.82. The Morgan fingerprint density at radius 3 is 2.65 bits per heavy atom. The van der Waals surface area contributed by atoms with Crippen molar-refractivity contribution in [1.82, 2.24) is 10.3 Å². The number of benzene rings is 1. The van der Waals surface area contributed by atoms with Crippen LogP contribution in [0.5, 0.6) is 11.6 Å². The molecule has 3 nitrogen and oxygen atoms in total. The van der Waals surface area contributed by atoms with Gasteiger partial charge in [-0.15, -0.1) is 0 Å². The molecule has 0 saturated heterocycles. The zero-order valence-electron chi connectivity index (χ0n) is 12.0. The predicted molar refractivity (Wildman–Crippen MR) is 77.4 cm³/mol. The van der Waals surface area contributed by atoms with E-state index in [-0.39, 0.29) is 5.82 Å². The van der Waals surface area contributed by atoms with E-state index in [0.717, 1.165) is 12.1 Å². The summed E-state index contributed by atoms with van der Waals surface area (Å²) in [6.45, 7) is 6.67. The fourth-order valence-corrected chi connectivity index (χ4v) is 1.66. The molecule has 0 amide bonds. The fraction of sp³-hybridized carbons (Fsp3) is 0.312. The molecule has 4 heteroatoms. The highest BCUT2D eigenvalue weighted by molar-refractivity contribution is 5.31. The van der Waals surface area contributed by atoms with E-state index in [4.69, 9.17) is 4.74 Å². The molecule has 0 aliphatic rings. The minimum absolute atomic E-state index is 0.278. The van der Waals surface area contributed by atoms with Gasteiger partial charge < -0.3 is 10.1 Å². The van der Waals surface area contributed by atoms with Crippen molar-refractivity contribution in [2.75, 3.05) is 0 Å². The van der Waals surface area contributed by atoms with Crippen LogP contribution in [0.15, 0.2) is 36.5 Å². The van der Waals surface area contributed by atoms with Crippen LogP contribution in [-0.2, 0) is 6.54 Å². The second-order valence-electron chi connectivity index (χ2n) is 5.05. The Morgan fingerprint density at radius 1 is 1.25 bits per heavy atom. The van der Waals surface area contributed by atoms with E-state index in [9.17, 15) is 4.39 Å². The van der Waals surface area contributed by atoms with Gasteiger partial charge in [-0.1, -0.05) is 26.0 Å². The molecule has 0 saturated carbocycles. The Hall–Kier alpha value is -1.94. The maximum atomic E-state index is 13.4. The molecule has 0 aliphatic carbocycles. The van der Waals surface area contributed by atoms with Crippen LogP contribution >= 0.6 is 0 Å². The number of ether oxygens (including phenoxy) is 1. The number of halogens is 1. The van der Waals surface area contributed by atoms with Gasteiger partial charge in [-0.05, 0) is 24.1 Å². The van der Waals surface area contributed by atoms with Gasteiger partial charge in [0.1, 0.15) is 11.6 Å². The maximum Gasteiger partial charge on any atom is 0.219 e. The summed E-state index contributed by atoms with van der Waals surface area (Å²) in [4.78, 5) is 4.22. The molecule has 106 valence electrons. The first-order chi connectivity index (χ1) is 9.54. The summed E-state index contributed by atoms with van der Waals surface area (Å²) in [6.07, 6.45) is 1.76. The number of aromatic nitrogens is 1. The Kier molecular flexibility index (Phi) is 4.69. The van der Waals surface area contributed by atoms with E-state index in [1.165, 1.54) is 6.07 Å². The first kappa shape index (κ1) is 14.5. The van der Waals surface area contributed by atoms with Gasteiger partial charge in [0, 0.05) is 30.9 Å². The van der Waals surface area contributed by atoms with Crippen molar-refractivity contribution in [2.45, 2.75) is 33.4 Å². The van der Waals surface area contributed by atoms with Gasteiger partial charge in [0.2, 0.25) is 5.88 Å². The number of hydrogen-bond donors (Lipinski definition) is 1. The lowest BCUT2D eigenvalue weighted by atomic mass is 10.2. The highest BCUT2D eigenvalue weighted by Gasteiger charge is 2.03. The summed E-state index contributed by atoms with van der Waals surface area (Å²) >= 11 is 0. The number of nitrogens with zero attached hydrogens (tertiary/aromatic N) is 1. The number of aryl methyl sites for hydroxylation is 1. The second kappa shape index (κ2) is 6.48. The minimum atomic E-state index is -0.278. The highest BCUT2D eigenvalue weighted by atomic mass is 19.1. The third kappa shape index (κ3) is 4.03. The van der Waals surface area contributed by atoms with Crippen LogP contribution in [0.25, 0.3) is 0 Å². The third-order valence-electron chi connectivity index (χ3n) is 2.88. The van der Waals surface area contributed by atoms with Crippen molar-refractivity contribution < 1.29 is 9.13 Å². The lowest BCUT2D eigenvalue weighted by Gasteiger charge is -2.09. The van der Waals surface area contributed by atoms with E-state index in [2.05, 4.69) is 24.1 Å². The number of nitrogens with one attached hydrogen (secondary N) is 1. The molecule has 0 radical (unpaired) electrons. The highest BCUT2D eigenvalue weighted by Crippen LogP contribution is 2.21. The Morgan fingerprint density at radius 2 is 2.05 bits per heavy atom. The first-order valence-electron chi connectivity index (χ1n) is 6.67. The summed E-state index contributed by atoms with van der Waals surface area (Å²) in [6, 6.07) is 8.95. The summed E-state index contributed by atoms with van der Waals surface area (Å²) in [7, 11) is 0. The van der Waals surface area contributed by atoms with Crippen molar-refractivity contribution in [3.8, 4) is 11.6 Å². The van der Waals surface area contributed by atoms with E-state index in [1.54, 1.807) is 31.3 Å². The summed E-state index contributed by atoms with van der Waals surface area (Å²) in [5, 5.41) is 3.31. The van der Waals surface area contributed by atoms with Gasteiger partial charge in [0.15, 0.2) is 0 Å². The monoisotopic (exact) mass is 274 g/mol. The Labute approximate surface area is 118 Å². The molecule has 1 N–H and O–H groups in total. The maximum absolute atomic E-state index is 13.4. The molecule has 0 atom stereocenters. The lowest BCUT2D eigenvalue weighted by Crippen LogP contribution is -2.21. The van der Waals surface area contributed by atoms with Gasteiger partial charge in [0.25, 0.3) is 0 Å². The van der Waals surface area contributed by atoms with Crippen LogP contribution in [-0.4, -0.2) is 11.0 Å².